The first kappa shape index (κ1) is 43.6. The van der Waals surface area contributed by atoms with Crippen LogP contribution in [0.4, 0.5) is 8.78 Å². The molecule has 0 aliphatic heterocycles. The minimum Gasteiger partial charge on any atom is -0.480 e. The lowest BCUT2D eigenvalue weighted by molar-refractivity contribution is -0.139. The Morgan fingerprint density at radius 2 is 1.54 bits per heavy atom. The molecule has 54 heavy (non-hydrogen) atoms. The van der Waals surface area contributed by atoms with Crippen molar-refractivity contribution in [2.24, 2.45) is 16.9 Å². The number of carbonyl (C=O) groups excluding carboxylic acids is 3. The first-order valence-electron chi connectivity index (χ1n) is 17.3. The number of nitrogens with two attached hydrogens (primary N) is 2. The number of thioether (sulfide) groups is 1. The highest BCUT2D eigenvalue weighted by Crippen LogP contribution is 2.37. The lowest BCUT2D eigenvalue weighted by Gasteiger charge is -2.33. The van der Waals surface area contributed by atoms with E-state index in [1.165, 1.54) is 6.07 Å². The summed E-state index contributed by atoms with van der Waals surface area (Å²) < 4.78 is 31.0. The number of amides is 3. The number of carboxylic acids is 2. The molecule has 3 amide bonds. The smallest absolute Gasteiger partial charge is 0.321 e. The van der Waals surface area contributed by atoms with Crippen molar-refractivity contribution in [3.8, 4) is 11.1 Å². The van der Waals surface area contributed by atoms with Crippen LogP contribution in [0.3, 0.4) is 0 Å². The molecule has 0 spiro atoms. The van der Waals surface area contributed by atoms with Crippen LogP contribution < -0.4 is 32.7 Å². The summed E-state index contributed by atoms with van der Waals surface area (Å²) in [4.78, 5) is 59.3. The highest BCUT2D eigenvalue weighted by Gasteiger charge is 2.30. The third-order valence-electron chi connectivity index (χ3n) is 8.30. The monoisotopic (exact) mass is 773 g/mol. The number of carboxylic acid groups (broad SMARTS) is 2. The number of aliphatic carboxylic acids is 2. The molecule has 0 bridgehead atoms. The van der Waals surface area contributed by atoms with Crippen molar-refractivity contribution in [2.75, 3.05) is 31.9 Å². The van der Waals surface area contributed by atoms with Gasteiger partial charge in [0.1, 0.15) is 22.9 Å². The SMILES string of the molecule is CC(C)(C)[C@@H](NCC[C@H](N)C(=O)NCCNC(=O)CNC(=O)CC(SC[C@H](N)C(=O)O)C(=O)O)c1cc(-c2cc(F)ccc2F)cn1Cc1ccccc1. The molecule has 14 nitrogen and oxygen atoms in total. The number of hydrogen-bond donors (Lipinski definition) is 8. The van der Waals surface area contributed by atoms with Crippen LogP contribution in [0.5, 0.6) is 0 Å². The summed E-state index contributed by atoms with van der Waals surface area (Å²) in [7, 11) is 0. The second-order valence-corrected chi connectivity index (χ2v) is 15.0. The molecule has 1 heterocycles. The van der Waals surface area contributed by atoms with Gasteiger partial charge in [0.2, 0.25) is 17.7 Å². The van der Waals surface area contributed by atoms with Crippen molar-refractivity contribution in [2.45, 2.75) is 63.5 Å². The van der Waals surface area contributed by atoms with Gasteiger partial charge in [-0.2, -0.15) is 0 Å². The number of rotatable bonds is 21. The molecule has 2 aromatic carbocycles. The molecule has 0 radical (unpaired) electrons. The fourth-order valence-electron chi connectivity index (χ4n) is 5.43. The van der Waals surface area contributed by atoms with Gasteiger partial charge < -0.3 is 47.5 Å². The van der Waals surface area contributed by atoms with Gasteiger partial charge in [-0.15, -0.1) is 11.8 Å². The molecule has 0 fully saturated rings. The Morgan fingerprint density at radius 3 is 2.19 bits per heavy atom. The molecule has 294 valence electrons. The van der Waals surface area contributed by atoms with Crippen LogP contribution in [0.2, 0.25) is 0 Å². The van der Waals surface area contributed by atoms with Crippen LogP contribution in [-0.2, 0) is 30.5 Å². The minimum absolute atomic E-state index is 0.0326. The second kappa shape index (κ2) is 20.6. The van der Waals surface area contributed by atoms with Gasteiger partial charge in [-0.1, -0.05) is 51.1 Å². The Labute approximate surface area is 316 Å². The van der Waals surface area contributed by atoms with E-state index in [9.17, 15) is 37.9 Å². The predicted molar refractivity (Wildman–Crippen MR) is 201 cm³/mol. The zero-order valence-corrected chi connectivity index (χ0v) is 31.3. The maximum atomic E-state index is 14.8. The van der Waals surface area contributed by atoms with Crippen molar-refractivity contribution in [1.29, 1.82) is 0 Å². The van der Waals surface area contributed by atoms with Gasteiger partial charge in [-0.05, 0) is 48.2 Å². The summed E-state index contributed by atoms with van der Waals surface area (Å²) >= 11 is 0.714. The van der Waals surface area contributed by atoms with E-state index in [0.29, 0.717) is 30.4 Å². The Balaban J connectivity index is 1.50. The standard InChI is InChI=1S/C37H49F2N7O7S/c1-37(2,3)33(29-15-23(25-16-24(38)9-10-26(25)39)20-46(29)19-22-7-5-4-6-8-22)43-12-11-27(40)34(49)44-14-13-42-32(48)18-45-31(47)17-30(36(52)53)54-21-28(41)35(50)51/h4-10,15-16,20,27-28,30,33,43H,11-14,17-19,21,40-41H2,1-3H3,(H,42,48)(H,44,49)(H,45,47)(H,50,51)(H,52,53)/t27-,28-,30?,33-/m0/s1. The van der Waals surface area contributed by atoms with Gasteiger partial charge in [-0.25, -0.2) is 8.78 Å². The minimum atomic E-state index is -1.32. The highest BCUT2D eigenvalue weighted by atomic mass is 32.2. The molecule has 17 heteroatoms. The van der Waals surface area contributed by atoms with E-state index in [1.807, 2.05) is 67.9 Å². The fourth-order valence-corrected chi connectivity index (χ4v) is 6.43. The maximum Gasteiger partial charge on any atom is 0.321 e. The van der Waals surface area contributed by atoms with Crippen molar-refractivity contribution in [3.05, 3.63) is 83.7 Å². The molecule has 0 saturated heterocycles. The molecule has 0 aliphatic rings. The van der Waals surface area contributed by atoms with Gasteiger partial charge in [-0.3, -0.25) is 24.0 Å². The van der Waals surface area contributed by atoms with Crippen LogP contribution in [0, 0.1) is 17.0 Å². The van der Waals surface area contributed by atoms with Crippen LogP contribution >= 0.6 is 11.8 Å². The molecule has 4 atom stereocenters. The number of nitrogens with zero attached hydrogens (tertiary/aromatic N) is 1. The largest absolute Gasteiger partial charge is 0.480 e. The van der Waals surface area contributed by atoms with E-state index < -0.39 is 71.6 Å². The van der Waals surface area contributed by atoms with E-state index in [-0.39, 0.29) is 42.3 Å². The van der Waals surface area contributed by atoms with Crippen molar-refractivity contribution < 1.29 is 43.0 Å². The Kier molecular flexibility index (Phi) is 16.6. The Hall–Kier alpha value is -4.84. The summed E-state index contributed by atoms with van der Waals surface area (Å²) in [6.07, 6.45) is 1.58. The number of carbonyl (C=O) groups is 5. The van der Waals surface area contributed by atoms with Crippen LogP contribution in [-0.4, -0.2) is 93.7 Å². The normalized spacial score (nSPS) is 13.7. The average molecular weight is 774 g/mol. The van der Waals surface area contributed by atoms with E-state index in [4.69, 9.17) is 16.6 Å². The summed E-state index contributed by atoms with van der Waals surface area (Å²) in [5.74, 6) is -5.65. The van der Waals surface area contributed by atoms with Crippen LogP contribution in [0.1, 0.15) is 50.9 Å². The lowest BCUT2D eigenvalue weighted by atomic mass is 9.84. The predicted octanol–water partition coefficient (Wildman–Crippen LogP) is 2.21. The van der Waals surface area contributed by atoms with Crippen molar-refractivity contribution in [1.82, 2.24) is 25.8 Å². The van der Waals surface area contributed by atoms with Gasteiger partial charge in [0.05, 0.1) is 18.6 Å². The number of halogens is 2. The van der Waals surface area contributed by atoms with Gasteiger partial charge in [0.15, 0.2) is 0 Å². The van der Waals surface area contributed by atoms with E-state index in [0.717, 1.165) is 23.4 Å². The Morgan fingerprint density at radius 1 is 0.852 bits per heavy atom. The van der Waals surface area contributed by atoms with Crippen molar-refractivity contribution >= 4 is 41.4 Å². The molecule has 3 aromatic rings. The first-order valence-corrected chi connectivity index (χ1v) is 18.3. The van der Waals surface area contributed by atoms with Gasteiger partial charge in [0, 0.05) is 54.8 Å². The number of benzene rings is 2. The molecule has 0 saturated carbocycles. The second-order valence-electron chi connectivity index (χ2n) is 13.8. The fraction of sp³-hybridized carbons (Fsp3) is 0.432. The first-order chi connectivity index (χ1) is 25.5. The summed E-state index contributed by atoms with van der Waals surface area (Å²) in [6, 6.07) is 12.5. The van der Waals surface area contributed by atoms with Crippen LogP contribution in [0.15, 0.2) is 60.8 Å². The van der Waals surface area contributed by atoms with Crippen molar-refractivity contribution in [3.63, 3.8) is 0 Å². The zero-order valence-electron chi connectivity index (χ0n) is 30.4. The van der Waals surface area contributed by atoms with Gasteiger partial charge in [0.25, 0.3) is 0 Å². The molecule has 1 unspecified atom stereocenters. The molecule has 10 N–H and O–H groups in total. The van der Waals surface area contributed by atoms with E-state index >= 15 is 0 Å². The number of hydrogen-bond acceptors (Lipinski definition) is 9. The number of aromatic nitrogens is 1. The van der Waals surface area contributed by atoms with Crippen LogP contribution in [0.25, 0.3) is 11.1 Å². The maximum absolute atomic E-state index is 14.8. The van der Waals surface area contributed by atoms with E-state index in [1.54, 1.807) is 0 Å². The Bertz CT molecular complexity index is 1750. The molecular weight excluding hydrogens is 725 g/mol. The molecular formula is C37H49F2N7O7S. The molecule has 3 rings (SSSR count). The van der Waals surface area contributed by atoms with Gasteiger partial charge >= 0.3 is 11.9 Å². The topological polar surface area (TPSA) is 231 Å². The lowest BCUT2D eigenvalue weighted by Crippen LogP contribution is -2.46. The third kappa shape index (κ3) is 13.9. The number of nitrogens with one attached hydrogen (secondary N) is 4. The molecule has 0 aliphatic carbocycles. The zero-order chi connectivity index (χ0) is 40.0. The van der Waals surface area contributed by atoms with E-state index in [2.05, 4.69) is 21.3 Å². The molecule has 1 aromatic heterocycles. The summed E-state index contributed by atoms with van der Waals surface area (Å²) in [5, 5.41) is 27.9. The summed E-state index contributed by atoms with van der Waals surface area (Å²) in [5.41, 5.74) is 13.8. The average Bonchev–Trinajstić information content (AvgIpc) is 3.52. The highest BCUT2D eigenvalue weighted by molar-refractivity contribution is 8.00. The third-order valence-corrected chi connectivity index (χ3v) is 9.62. The summed E-state index contributed by atoms with van der Waals surface area (Å²) in [6.45, 7) is 6.63. The quantitative estimate of drug-likeness (QED) is 0.0732.